The van der Waals surface area contributed by atoms with E-state index in [-0.39, 0.29) is 17.9 Å². The van der Waals surface area contributed by atoms with Crippen molar-refractivity contribution in [1.29, 1.82) is 0 Å². The third-order valence-corrected chi connectivity index (χ3v) is 4.06. The summed E-state index contributed by atoms with van der Waals surface area (Å²) in [5.74, 6) is 0.329. The first-order valence-electron chi connectivity index (χ1n) is 7.52. The Morgan fingerprint density at radius 2 is 1.86 bits per heavy atom. The number of nitrogens with zero attached hydrogens (tertiary/aromatic N) is 3. The van der Waals surface area contributed by atoms with Crippen LogP contribution in [0.15, 0.2) is 42.7 Å². The molecule has 0 bridgehead atoms. The van der Waals surface area contributed by atoms with Gasteiger partial charge in [0.25, 0.3) is 0 Å². The second-order valence-electron chi connectivity index (χ2n) is 5.54. The highest BCUT2D eigenvalue weighted by Gasteiger charge is 2.25. The largest absolute Gasteiger partial charge is 0.347 e. The lowest BCUT2D eigenvalue weighted by Gasteiger charge is -2.21. The smallest absolute Gasteiger partial charge is 0.223 e. The number of amides is 1. The molecule has 0 spiro atoms. The lowest BCUT2D eigenvalue weighted by molar-refractivity contribution is -0.125. The lowest BCUT2D eigenvalue weighted by Crippen LogP contribution is -2.35. The van der Waals surface area contributed by atoms with Crippen LogP contribution in [0.4, 0.5) is 0 Å². The Bertz CT molecular complexity index is 561. The number of benzene rings is 1. The van der Waals surface area contributed by atoms with E-state index in [1.165, 1.54) is 0 Å². The molecule has 1 atom stereocenters. The summed E-state index contributed by atoms with van der Waals surface area (Å²) in [6.07, 6.45) is 7.64. The van der Waals surface area contributed by atoms with Gasteiger partial charge in [0.1, 0.15) is 0 Å². The van der Waals surface area contributed by atoms with Gasteiger partial charge in [-0.1, -0.05) is 43.2 Å². The van der Waals surface area contributed by atoms with Crippen LogP contribution in [-0.4, -0.2) is 20.9 Å². The summed E-state index contributed by atoms with van der Waals surface area (Å²) in [7, 11) is 0. The average Bonchev–Trinajstić information content (AvgIpc) is 3.21. The molecule has 21 heavy (non-hydrogen) atoms. The Balaban J connectivity index is 1.73. The number of carbonyl (C=O) groups excluding carboxylic acids is 1. The standard InChI is InChI=1S/C16H20N4O/c21-16(14-8-4-5-9-14)19-15(12-20-17-10-11-18-20)13-6-2-1-3-7-13/h1-3,6-7,10-11,14-15H,4-5,8-9,12H2,(H,19,21). The van der Waals surface area contributed by atoms with E-state index < -0.39 is 0 Å². The number of hydrogen-bond donors (Lipinski definition) is 1. The molecule has 0 radical (unpaired) electrons. The second kappa shape index (κ2) is 6.52. The van der Waals surface area contributed by atoms with Crippen LogP contribution >= 0.6 is 0 Å². The van der Waals surface area contributed by atoms with E-state index in [9.17, 15) is 4.79 Å². The molecule has 1 aromatic heterocycles. The van der Waals surface area contributed by atoms with Gasteiger partial charge in [-0.05, 0) is 18.4 Å². The Kier molecular flexibility index (Phi) is 4.28. The van der Waals surface area contributed by atoms with Gasteiger partial charge in [0, 0.05) is 5.92 Å². The molecule has 3 rings (SSSR count). The Labute approximate surface area is 124 Å². The molecule has 5 nitrogen and oxygen atoms in total. The quantitative estimate of drug-likeness (QED) is 0.916. The first-order chi connectivity index (χ1) is 10.3. The van der Waals surface area contributed by atoms with Crippen molar-refractivity contribution in [1.82, 2.24) is 20.3 Å². The van der Waals surface area contributed by atoms with Crippen LogP contribution in [0.25, 0.3) is 0 Å². The van der Waals surface area contributed by atoms with Gasteiger partial charge in [0.05, 0.1) is 25.0 Å². The number of nitrogens with one attached hydrogen (secondary N) is 1. The van der Waals surface area contributed by atoms with Gasteiger partial charge in [-0.15, -0.1) is 0 Å². The third kappa shape index (κ3) is 3.48. The van der Waals surface area contributed by atoms with Crippen LogP contribution in [-0.2, 0) is 11.3 Å². The van der Waals surface area contributed by atoms with Crippen LogP contribution in [0.5, 0.6) is 0 Å². The van der Waals surface area contributed by atoms with Gasteiger partial charge in [-0.3, -0.25) is 4.79 Å². The number of hydrogen-bond acceptors (Lipinski definition) is 3. The van der Waals surface area contributed by atoms with Crippen LogP contribution in [0.1, 0.15) is 37.3 Å². The molecule has 0 saturated heterocycles. The van der Waals surface area contributed by atoms with Crippen LogP contribution in [0.2, 0.25) is 0 Å². The minimum absolute atomic E-state index is 0.0910. The lowest BCUT2D eigenvalue weighted by atomic mass is 10.0. The average molecular weight is 284 g/mol. The molecule has 110 valence electrons. The molecule has 1 aromatic carbocycles. The fourth-order valence-electron chi connectivity index (χ4n) is 2.90. The first kappa shape index (κ1) is 13.8. The normalized spacial score (nSPS) is 16.8. The van der Waals surface area contributed by atoms with Gasteiger partial charge < -0.3 is 5.32 Å². The topological polar surface area (TPSA) is 59.8 Å². The Hall–Kier alpha value is -2.17. The van der Waals surface area contributed by atoms with Crippen molar-refractivity contribution >= 4 is 5.91 Å². The molecule has 2 aromatic rings. The fraction of sp³-hybridized carbons (Fsp3) is 0.438. The van der Waals surface area contributed by atoms with Crippen molar-refractivity contribution < 1.29 is 4.79 Å². The van der Waals surface area contributed by atoms with Crippen LogP contribution in [0.3, 0.4) is 0 Å². The minimum atomic E-state index is -0.0910. The summed E-state index contributed by atoms with van der Waals surface area (Å²) in [6.45, 7) is 0.551. The maximum absolute atomic E-state index is 12.4. The Morgan fingerprint density at radius 1 is 1.19 bits per heavy atom. The maximum Gasteiger partial charge on any atom is 0.223 e. The predicted molar refractivity (Wildman–Crippen MR) is 79.3 cm³/mol. The molecule has 1 unspecified atom stereocenters. The predicted octanol–water partition coefficient (Wildman–Crippen LogP) is 2.33. The zero-order valence-electron chi connectivity index (χ0n) is 12.0. The summed E-state index contributed by atoms with van der Waals surface area (Å²) in [5.41, 5.74) is 1.08. The summed E-state index contributed by atoms with van der Waals surface area (Å²) in [4.78, 5) is 14.0. The number of rotatable bonds is 5. The van der Waals surface area contributed by atoms with Crippen molar-refractivity contribution in [3.8, 4) is 0 Å². The summed E-state index contributed by atoms with van der Waals surface area (Å²) in [6, 6.07) is 9.92. The molecule has 1 heterocycles. The molecule has 5 heteroatoms. The molecular formula is C16H20N4O. The zero-order valence-corrected chi connectivity index (χ0v) is 12.0. The first-order valence-corrected chi connectivity index (χ1v) is 7.52. The maximum atomic E-state index is 12.4. The van der Waals surface area contributed by atoms with Crippen molar-refractivity contribution in [2.24, 2.45) is 5.92 Å². The van der Waals surface area contributed by atoms with Gasteiger partial charge in [-0.25, -0.2) is 0 Å². The second-order valence-corrected chi connectivity index (χ2v) is 5.54. The van der Waals surface area contributed by atoms with E-state index >= 15 is 0 Å². The molecule has 1 aliphatic carbocycles. The monoisotopic (exact) mass is 284 g/mol. The number of aromatic nitrogens is 3. The van der Waals surface area contributed by atoms with Gasteiger partial charge in [0.15, 0.2) is 0 Å². The third-order valence-electron chi connectivity index (χ3n) is 4.06. The minimum Gasteiger partial charge on any atom is -0.347 e. The molecule has 0 aliphatic heterocycles. The van der Waals surface area contributed by atoms with Gasteiger partial charge in [-0.2, -0.15) is 15.0 Å². The summed E-state index contributed by atoms with van der Waals surface area (Å²) < 4.78 is 0. The molecule has 1 amide bonds. The molecule has 1 saturated carbocycles. The van der Waals surface area contributed by atoms with E-state index in [2.05, 4.69) is 15.5 Å². The zero-order chi connectivity index (χ0) is 14.5. The van der Waals surface area contributed by atoms with Crippen molar-refractivity contribution in [3.63, 3.8) is 0 Å². The van der Waals surface area contributed by atoms with Crippen molar-refractivity contribution in [3.05, 3.63) is 48.3 Å². The van der Waals surface area contributed by atoms with Crippen molar-refractivity contribution in [2.45, 2.75) is 38.3 Å². The highest BCUT2D eigenvalue weighted by molar-refractivity contribution is 5.79. The van der Waals surface area contributed by atoms with Crippen LogP contribution in [0, 0.1) is 5.92 Å². The molecule has 1 fully saturated rings. The number of carbonyl (C=O) groups is 1. The van der Waals surface area contributed by atoms with Gasteiger partial charge in [0.2, 0.25) is 5.91 Å². The van der Waals surface area contributed by atoms with E-state index in [0.29, 0.717) is 6.54 Å². The summed E-state index contributed by atoms with van der Waals surface area (Å²) in [5, 5.41) is 11.5. The molecular weight excluding hydrogens is 264 g/mol. The van der Waals surface area contributed by atoms with E-state index in [0.717, 1.165) is 31.2 Å². The highest BCUT2D eigenvalue weighted by atomic mass is 16.2. The van der Waals surface area contributed by atoms with E-state index in [1.54, 1.807) is 17.2 Å². The van der Waals surface area contributed by atoms with Gasteiger partial charge >= 0.3 is 0 Å². The van der Waals surface area contributed by atoms with Crippen molar-refractivity contribution in [2.75, 3.05) is 0 Å². The highest BCUT2D eigenvalue weighted by Crippen LogP contribution is 2.26. The molecule has 1 aliphatic rings. The molecule has 1 N–H and O–H groups in total. The SMILES string of the molecule is O=C(NC(Cn1nccn1)c1ccccc1)C1CCCC1. The van der Waals surface area contributed by atoms with E-state index in [1.807, 2.05) is 30.3 Å². The van der Waals surface area contributed by atoms with E-state index in [4.69, 9.17) is 0 Å². The summed E-state index contributed by atoms with van der Waals surface area (Å²) >= 11 is 0. The fourth-order valence-corrected chi connectivity index (χ4v) is 2.90. The van der Waals surface area contributed by atoms with Crippen LogP contribution < -0.4 is 5.32 Å². The Morgan fingerprint density at radius 3 is 2.52 bits per heavy atom.